The van der Waals surface area contributed by atoms with Crippen molar-refractivity contribution in [2.75, 3.05) is 10.6 Å². The molecule has 7 nitrogen and oxygen atoms in total. The number of carboxylic acids is 1. The molecule has 0 unspecified atom stereocenters. The molecule has 0 amide bonds. The van der Waals surface area contributed by atoms with Crippen LogP contribution >= 0.6 is 0 Å². The lowest BCUT2D eigenvalue weighted by Gasteiger charge is -2.16. The molecule has 0 atom stereocenters. The van der Waals surface area contributed by atoms with E-state index < -0.39 is 5.97 Å². The van der Waals surface area contributed by atoms with Crippen LogP contribution in [-0.4, -0.2) is 27.5 Å². The van der Waals surface area contributed by atoms with Gasteiger partial charge in [0.15, 0.2) is 0 Å². The number of aromatic amines is 1. The number of anilines is 2. The molecule has 0 saturated carbocycles. The molecule has 5 N–H and O–H groups in total. The maximum atomic E-state index is 11.4. The van der Waals surface area contributed by atoms with Crippen LogP contribution in [0.5, 0.6) is 0 Å². The van der Waals surface area contributed by atoms with Crippen LogP contribution in [0, 0.1) is 12.3 Å². The molecule has 3 aromatic rings. The standard InChI is InChI=1S/C18H17N5O2/c1-10-4-3-5-12(8-19)17(10)22-11(2)21-13-6-14(18(24)25)15-9-20-23-16(15)7-13/h3-9,19,21-22H,2H2,1H3,(H,20,23)(H,24,25). The highest BCUT2D eigenvalue weighted by Crippen LogP contribution is 2.25. The summed E-state index contributed by atoms with van der Waals surface area (Å²) in [6.45, 7) is 5.87. The molecule has 0 aliphatic carbocycles. The number of hydrogen-bond acceptors (Lipinski definition) is 5. The van der Waals surface area contributed by atoms with Gasteiger partial charge in [0, 0.05) is 22.9 Å². The number of aryl methyl sites for hydroxylation is 1. The van der Waals surface area contributed by atoms with E-state index in [1.807, 2.05) is 25.1 Å². The van der Waals surface area contributed by atoms with E-state index in [2.05, 4.69) is 27.4 Å². The van der Waals surface area contributed by atoms with Crippen molar-refractivity contribution in [1.82, 2.24) is 10.2 Å². The van der Waals surface area contributed by atoms with Crippen molar-refractivity contribution in [3.63, 3.8) is 0 Å². The molecule has 0 saturated heterocycles. The Morgan fingerprint density at radius 2 is 2.16 bits per heavy atom. The first-order valence-electron chi connectivity index (χ1n) is 7.53. The minimum atomic E-state index is -1.03. The van der Waals surface area contributed by atoms with Crippen molar-refractivity contribution >= 4 is 34.5 Å². The number of para-hydroxylation sites is 1. The van der Waals surface area contributed by atoms with Gasteiger partial charge >= 0.3 is 5.97 Å². The third kappa shape index (κ3) is 3.20. The monoisotopic (exact) mass is 335 g/mol. The van der Waals surface area contributed by atoms with Gasteiger partial charge in [-0.05, 0) is 24.6 Å². The highest BCUT2D eigenvalue weighted by atomic mass is 16.4. The molecule has 126 valence electrons. The van der Waals surface area contributed by atoms with Crippen LogP contribution in [0.1, 0.15) is 21.5 Å². The topological polar surface area (TPSA) is 114 Å². The van der Waals surface area contributed by atoms with E-state index >= 15 is 0 Å². The lowest BCUT2D eigenvalue weighted by Crippen LogP contribution is -2.11. The Morgan fingerprint density at radius 1 is 1.36 bits per heavy atom. The SMILES string of the molecule is C=C(Nc1cc(C(=O)O)c2cn[nH]c2c1)Nc1c(C)cccc1C=N. The molecule has 0 aliphatic heterocycles. The van der Waals surface area contributed by atoms with Gasteiger partial charge in [-0.2, -0.15) is 5.10 Å². The number of carbonyl (C=O) groups is 1. The number of H-pyrrole nitrogens is 1. The molecular formula is C18H17N5O2. The molecule has 0 aliphatic rings. The molecule has 0 spiro atoms. The zero-order valence-corrected chi connectivity index (χ0v) is 13.6. The fourth-order valence-corrected chi connectivity index (χ4v) is 2.64. The van der Waals surface area contributed by atoms with Crippen LogP contribution in [0.3, 0.4) is 0 Å². The summed E-state index contributed by atoms with van der Waals surface area (Å²) in [5, 5.41) is 30.3. The number of nitrogens with zero attached hydrogens (tertiary/aromatic N) is 1. The highest BCUT2D eigenvalue weighted by molar-refractivity contribution is 6.04. The number of rotatable bonds is 6. The second kappa shape index (κ2) is 6.48. The smallest absolute Gasteiger partial charge is 0.336 e. The molecular weight excluding hydrogens is 318 g/mol. The predicted octanol–water partition coefficient (Wildman–Crippen LogP) is 3.56. The number of hydrogen-bond donors (Lipinski definition) is 5. The molecule has 0 bridgehead atoms. The normalized spacial score (nSPS) is 10.4. The first-order chi connectivity index (χ1) is 12.0. The third-order valence-electron chi connectivity index (χ3n) is 3.82. The van der Waals surface area contributed by atoms with Crippen molar-refractivity contribution in [3.05, 3.63) is 65.6 Å². The van der Waals surface area contributed by atoms with Crippen LogP contribution < -0.4 is 10.6 Å². The van der Waals surface area contributed by atoms with Gasteiger partial charge in [-0.3, -0.25) is 5.10 Å². The Hall–Kier alpha value is -3.61. The molecule has 25 heavy (non-hydrogen) atoms. The van der Waals surface area contributed by atoms with E-state index in [4.69, 9.17) is 5.41 Å². The molecule has 1 aromatic heterocycles. The molecule has 0 radical (unpaired) electrons. The van der Waals surface area contributed by atoms with Gasteiger partial charge < -0.3 is 21.1 Å². The predicted molar refractivity (Wildman–Crippen MR) is 98.5 cm³/mol. The lowest BCUT2D eigenvalue weighted by molar-refractivity contribution is 0.0699. The Bertz CT molecular complexity index is 990. The number of aromatic carboxylic acids is 1. The van der Waals surface area contributed by atoms with Crippen molar-refractivity contribution in [1.29, 1.82) is 5.41 Å². The summed E-state index contributed by atoms with van der Waals surface area (Å²) in [5.74, 6) is -0.564. The minimum Gasteiger partial charge on any atom is -0.478 e. The maximum absolute atomic E-state index is 11.4. The summed E-state index contributed by atoms with van der Waals surface area (Å²) < 4.78 is 0. The number of benzene rings is 2. The Labute approximate surface area is 143 Å². The maximum Gasteiger partial charge on any atom is 0.336 e. The lowest BCUT2D eigenvalue weighted by atomic mass is 10.1. The Morgan fingerprint density at radius 3 is 2.88 bits per heavy atom. The van der Waals surface area contributed by atoms with Crippen LogP contribution in [0.25, 0.3) is 10.9 Å². The van der Waals surface area contributed by atoms with E-state index in [9.17, 15) is 9.90 Å². The van der Waals surface area contributed by atoms with Crippen molar-refractivity contribution < 1.29 is 9.90 Å². The van der Waals surface area contributed by atoms with E-state index in [1.165, 1.54) is 18.5 Å². The first kappa shape index (κ1) is 16.3. The third-order valence-corrected chi connectivity index (χ3v) is 3.82. The van der Waals surface area contributed by atoms with E-state index in [0.29, 0.717) is 22.4 Å². The van der Waals surface area contributed by atoms with Gasteiger partial charge in [0.2, 0.25) is 0 Å². The van der Waals surface area contributed by atoms with Crippen molar-refractivity contribution in [2.45, 2.75) is 6.92 Å². The minimum absolute atomic E-state index is 0.151. The molecule has 0 fully saturated rings. The summed E-state index contributed by atoms with van der Waals surface area (Å²) in [7, 11) is 0. The second-order valence-corrected chi connectivity index (χ2v) is 5.57. The number of nitrogens with one attached hydrogen (secondary N) is 4. The fourth-order valence-electron chi connectivity index (χ4n) is 2.64. The fraction of sp³-hybridized carbons (Fsp3) is 0.0556. The highest BCUT2D eigenvalue weighted by Gasteiger charge is 2.13. The van der Waals surface area contributed by atoms with Gasteiger partial charge in [0.05, 0.1) is 23.0 Å². The molecule has 1 heterocycles. The zero-order valence-electron chi connectivity index (χ0n) is 13.6. The van der Waals surface area contributed by atoms with Gasteiger partial charge in [-0.1, -0.05) is 24.8 Å². The molecule has 2 aromatic carbocycles. The molecule has 7 heteroatoms. The number of aromatic nitrogens is 2. The quantitative estimate of drug-likeness (QED) is 0.442. The van der Waals surface area contributed by atoms with Crippen LogP contribution in [-0.2, 0) is 0 Å². The summed E-state index contributed by atoms with van der Waals surface area (Å²) in [6.07, 6.45) is 2.75. The average Bonchev–Trinajstić information content (AvgIpc) is 3.04. The Kier molecular flexibility index (Phi) is 4.21. The van der Waals surface area contributed by atoms with E-state index in [-0.39, 0.29) is 5.56 Å². The summed E-state index contributed by atoms with van der Waals surface area (Å²) in [4.78, 5) is 11.4. The zero-order chi connectivity index (χ0) is 18.0. The van der Waals surface area contributed by atoms with Crippen LogP contribution in [0.2, 0.25) is 0 Å². The number of carboxylic acid groups (broad SMARTS) is 1. The van der Waals surface area contributed by atoms with Crippen LogP contribution in [0.4, 0.5) is 11.4 Å². The van der Waals surface area contributed by atoms with Gasteiger partial charge in [-0.25, -0.2) is 4.79 Å². The average molecular weight is 335 g/mol. The van der Waals surface area contributed by atoms with Crippen LogP contribution in [0.15, 0.2) is 48.9 Å². The number of fused-ring (bicyclic) bond motifs is 1. The summed E-state index contributed by atoms with van der Waals surface area (Å²) in [6, 6.07) is 8.93. The summed E-state index contributed by atoms with van der Waals surface area (Å²) in [5.41, 5.74) is 3.81. The van der Waals surface area contributed by atoms with Gasteiger partial charge in [0.1, 0.15) is 5.82 Å². The molecule has 3 rings (SSSR count). The van der Waals surface area contributed by atoms with Crippen molar-refractivity contribution in [3.8, 4) is 0 Å². The second-order valence-electron chi connectivity index (χ2n) is 5.57. The van der Waals surface area contributed by atoms with Gasteiger partial charge in [-0.15, -0.1) is 0 Å². The largest absolute Gasteiger partial charge is 0.478 e. The van der Waals surface area contributed by atoms with E-state index in [1.54, 1.807) is 6.07 Å². The summed E-state index contributed by atoms with van der Waals surface area (Å²) >= 11 is 0. The first-order valence-corrected chi connectivity index (χ1v) is 7.53. The van der Waals surface area contributed by atoms with E-state index in [0.717, 1.165) is 16.8 Å². The van der Waals surface area contributed by atoms with Gasteiger partial charge in [0.25, 0.3) is 0 Å². The van der Waals surface area contributed by atoms with Crippen molar-refractivity contribution in [2.24, 2.45) is 0 Å². The Balaban J connectivity index is 1.88.